The van der Waals surface area contributed by atoms with Gasteiger partial charge in [0, 0.05) is 13.1 Å². The van der Waals surface area contributed by atoms with Crippen molar-refractivity contribution < 1.29 is 0 Å². The molecular weight excluding hydrogens is 158 g/mol. The molecule has 0 aliphatic carbocycles. The van der Waals surface area contributed by atoms with E-state index in [-0.39, 0.29) is 0 Å². The lowest BCUT2D eigenvalue weighted by atomic mass is 10.1. The Morgan fingerprint density at radius 3 is 2.46 bits per heavy atom. The van der Waals surface area contributed by atoms with E-state index < -0.39 is 0 Å². The Kier molecular flexibility index (Phi) is 6.66. The van der Waals surface area contributed by atoms with E-state index in [4.69, 9.17) is 0 Å². The predicted octanol–water partition coefficient (Wildman–Crippen LogP) is 3.09. The van der Waals surface area contributed by atoms with Crippen LogP contribution in [0.2, 0.25) is 0 Å². The van der Waals surface area contributed by atoms with Crippen LogP contribution >= 0.6 is 0 Å². The zero-order valence-electron chi connectivity index (χ0n) is 9.56. The zero-order chi connectivity index (χ0) is 10.3. The Labute approximate surface area is 83.1 Å². The second kappa shape index (κ2) is 6.94. The third kappa shape index (κ3) is 5.68. The first-order valence-corrected chi connectivity index (χ1v) is 5.20. The molecule has 0 saturated carbocycles. The van der Waals surface area contributed by atoms with E-state index in [0.29, 0.717) is 0 Å². The van der Waals surface area contributed by atoms with Gasteiger partial charge in [-0.2, -0.15) is 0 Å². The summed E-state index contributed by atoms with van der Waals surface area (Å²) in [5.41, 5.74) is 4.31. The van der Waals surface area contributed by atoms with E-state index >= 15 is 0 Å². The summed E-state index contributed by atoms with van der Waals surface area (Å²) in [6.07, 6.45) is 2.32. The molecular formula is C12H23N. The van der Waals surface area contributed by atoms with Crippen LogP contribution in [0.4, 0.5) is 0 Å². The number of hydrogen-bond acceptors (Lipinski definition) is 1. The molecule has 1 heteroatoms. The highest BCUT2D eigenvalue weighted by Crippen LogP contribution is 2.06. The largest absolute Gasteiger partial charge is 0.302 e. The summed E-state index contributed by atoms with van der Waals surface area (Å²) < 4.78 is 0. The molecule has 0 spiro atoms. The van der Waals surface area contributed by atoms with Crippen molar-refractivity contribution in [2.75, 3.05) is 20.1 Å². The maximum absolute atomic E-state index is 3.70. The summed E-state index contributed by atoms with van der Waals surface area (Å²) in [5, 5.41) is 0. The van der Waals surface area contributed by atoms with E-state index in [1.54, 1.807) is 0 Å². The van der Waals surface area contributed by atoms with Crippen LogP contribution in [0.3, 0.4) is 0 Å². The van der Waals surface area contributed by atoms with E-state index in [1.807, 2.05) is 0 Å². The molecule has 0 aliphatic heterocycles. The fourth-order valence-corrected chi connectivity index (χ4v) is 1.34. The molecule has 0 saturated heterocycles. The molecule has 0 heterocycles. The minimum Gasteiger partial charge on any atom is -0.302 e. The Balaban J connectivity index is 3.86. The van der Waals surface area contributed by atoms with E-state index in [0.717, 1.165) is 18.9 Å². The van der Waals surface area contributed by atoms with Crippen molar-refractivity contribution in [3.8, 4) is 0 Å². The molecule has 0 aromatic carbocycles. The van der Waals surface area contributed by atoms with E-state index in [2.05, 4.69) is 45.0 Å². The Hall–Kier alpha value is -0.520. The van der Waals surface area contributed by atoms with Gasteiger partial charge in [-0.15, -0.1) is 5.73 Å². The minimum absolute atomic E-state index is 0.785. The molecule has 0 rings (SSSR count). The predicted molar refractivity (Wildman–Crippen MR) is 59.9 cm³/mol. The van der Waals surface area contributed by atoms with Gasteiger partial charge in [0.05, 0.1) is 0 Å². The number of rotatable bonds is 6. The van der Waals surface area contributed by atoms with Crippen LogP contribution in [-0.2, 0) is 0 Å². The third-order valence-corrected chi connectivity index (χ3v) is 2.46. The SMILES string of the molecule is C=C=C(CC)CN(C)CC(C)CC. The van der Waals surface area contributed by atoms with Crippen LogP contribution in [-0.4, -0.2) is 25.0 Å². The zero-order valence-corrected chi connectivity index (χ0v) is 9.56. The smallest absolute Gasteiger partial charge is 0.0265 e. The van der Waals surface area contributed by atoms with Gasteiger partial charge < -0.3 is 4.90 Å². The number of hydrogen-bond donors (Lipinski definition) is 0. The molecule has 0 bridgehead atoms. The molecule has 1 unspecified atom stereocenters. The van der Waals surface area contributed by atoms with Gasteiger partial charge in [-0.05, 0) is 25.0 Å². The lowest BCUT2D eigenvalue weighted by Gasteiger charge is -2.20. The average Bonchev–Trinajstić information content (AvgIpc) is 2.13. The summed E-state index contributed by atoms with van der Waals surface area (Å²) in [5.74, 6) is 0.785. The third-order valence-electron chi connectivity index (χ3n) is 2.46. The van der Waals surface area contributed by atoms with E-state index in [9.17, 15) is 0 Å². The second-order valence-corrected chi connectivity index (χ2v) is 3.84. The van der Waals surface area contributed by atoms with Gasteiger partial charge in [0.15, 0.2) is 0 Å². The second-order valence-electron chi connectivity index (χ2n) is 3.84. The molecule has 13 heavy (non-hydrogen) atoms. The van der Waals surface area contributed by atoms with Crippen LogP contribution in [0.25, 0.3) is 0 Å². The normalized spacial score (nSPS) is 12.7. The summed E-state index contributed by atoms with van der Waals surface area (Å²) in [4.78, 5) is 2.35. The van der Waals surface area contributed by atoms with Gasteiger partial charge in [-0.3, -0.25) is 0 Å². The van der Waals surface area contributed by atoms with Gasteiger partial charge in [-0.25, -0.2) is 0 Å². The van der Waals surface area contributed by atoms with Crippen molar-refractivity contribution in [2.45, 2.75) is 33.6 Å². The van der Waals surface area contributed by atoms with Gasteiger partial charge in [0.25, 0.3) is 0 Å². The molecule has 0 fully saturated rings. The van der Waals surface area contributed by atoms with Crippen LogP contribution in [0.15, 0.2) is 17.9 Å². The first-order chi connectivity index (χ1) is 6.13. The first kappa shape index (κ1) is 12.5. The summed E-state index contributed by atoms with van der Waals surface area (Å²) in [6.45, 7) is 12.6. The maximum Gasteiger partial charge on any atom is 0.0265 e. The average molecular weight is 181 g/mol. The number of nitrogens with zero attached hydrogens (tertiary/aromatic N) is 1. The van der Waals surface area contributed by atoms with Crippen molar-refractivity contribution in [1.82, 2.24) is 4.90 Å². The quantitative estimate of drug-likeness (QED) is 0.569. The molecule has 0 aliphatic rings. The Morgan fingerprint density at radius 2 is 2.08 bits per heavy atom. The van der Waals surface area contributed by atoms with Crippen molar-refractivity contribution in [1.29, 1.82) is 0 Å². The van der Waals surface area contributed by atoms with Crippen molar-refractivity contribution >= 4 is 0 Å². The number of likely N-dealkylation sites (N-methyl/N-ethyl adjacent to an activating group) is 1. The van der Waals surface area contributed by atoms with Crippen LogP contribution < -0.4 is 0 Å². The lowest BCUT2D eigenvalue weighted by molar-refractivity contribution is 0.300. The molecule has 0 aromatic rings. The highest BCUT2D eigenvalue weighted by molar-refractivity contribution is 5.00. The van der Waals surface area contributed by atoms with Crippen LogP contribution in [0.1, 0.15) is 33.6 Å². The van der Waals surface area contributed by atoms with Crippen molar-refractivity contribution in [2.24, 2.45) is 5.92 Å². The molecule has 0 amide bonds. The van der Waals surface area contributed by atoms with Gasteiger partial charge in [-0.1, -0.05) is 33.8 Å². The lowest BCUT2D eigenvalue weighted by Crippen LogP contribution is -2.26. The molecule has 0 aromatic heterocycles. The summed E-state index contributed by atoms with van der Waals surface area (Å²) >= 11 is 0. The van der Waals surface area contributed by atoms with Crippen LogP contribution in [0, 0.1) is 5.92 Å². The van der Waals surface area contributed by atoms with Gasteiger partial charge >= 0.3 is 0 Å². The summed E-state index contributed by atoms with van der Waals surface area (Å²) in [7, 11) is 2.17. The Morgan fingerprint density at radius 1 is 1.46 bits per heavy atom. The molecule has 1 nitrogen and oxygen atoms in total. The van der Waals surface area contributed by atoms with Crippen molar-refractivity contribution in [3.05, 3.63) is 17.9 Å². The highest BCUT2D eigenvalue weighted by atomic mass is 15.1. The molecule has 1 atom stereocenters. The maximum atomic E-state index is 3.70. The monoisotopic (exact) mass is 181 g/mol. The van der Waals surface area contributed by atoms with Gasteiger partial charge in [0.2, 0.25) is 0 Å². The highest BCUT2D eigenvalue weighted by Gasteiger charge is 2.05. The molecule has 0 N–H and O–H groups in total. The molecule has 76 valence electrons. The minimum atomic E-state index is 0.785. The summed E-state index contributed by atoms with van der Waals surface area (Å²) in [6, 6.07) is 0. The topological polar surface area (TPSA) is 3.24 Å². The van der Waals surface area contributed by atoms with Crippen molar-refractivity contribution in [3.63, 3.8) is 0 Å². The Bertz CT molecular complexity index is 178. The van der Waals surface area contributed by atoms with E-state index in [1.165, 1.54) is 18.5 Å². The standard InChI is InChI=1S/C12H23N/c1-6-11(4)9-13(5)10-12(7-2)8-3/h11H,2,6,8-10H2,1,3-5H3. The fourth-order valence-electron chi connectivity index (χ4n) is 1.34. The van der Waals surface area contributed by atoms with Crippen LogP contribution in [0.5, 0.6) is 0 Å². The fraction of sp³-hybridized carbons (Fsp3) is 0.750. The molecule has 0 radical (unpaired) electrons. The van der Waals surface area contributed by atoms with Gasteiger partial charge in [0.1, 0.15) is 0 Å². The first-order valence-electron chi connectivity index (χ1n) is 5.20.